The third kappa shape index (κ3) is 2.08. The minimum absolute atomic E-state index is 0.128. The predicted molar refractivity (Wildman–Crippen MR) is 68.3 cm³/mol. The fourth-order valence-electron chi connectivity index (χ4n) is 1.79. The number of hydrogen-bond acceptors (Lipinski definition) is 4. The Morgan fingerprint density at radius 3 is 2.71 bits per heavy atom. The molecule has 0 saturated carbocycles. The predicted octanol–water partition coefficient (Wildman–Crippen LogP) is 2.23. The van der Waals surface area contributed by atoms with Gasteiger partial charge in [0.2, 0.25) is 0 Å². The largest absolute Gasteiger partial charge is 0.494 e. The van der Waals surface area contributed by atoms with Crippen LogP contribution < -0.4 is 10.1 Å². The van der Waals surface area contributed by atoms with Gasteiger partial charge in [-0.3, -0.25) is 0 Å². The minimum atomic E-state index is 0.128. The highest BCUT2D eigenvalue weighted by molar-refractivity contribution is 5.86. The van der Waals surface area contributed by atoms with Gasteiger partial charge in [0, 0.05) is 11.1 Å². The lowest BCUT2D eigenvalue weighted by Crippen LogP contribution is -2.16. The molecule has 1 N–H and O–H groups in total. The summed E-state index contributed by atoms with van der Waals surface area (Å²) in [5.41, 5.74) is 1.85. The van der Waals surface area contributed by atoms with Gasteiger partial charge in [-0.1, -0.05) is 12.1 Å². The Bertz CT molecular complexity index is 539. The third-order valence-corrected chi connectivity index (χ3v) is 2.94. The van der Waals surface area contributed by atoms with Crippen LogP contribution >= 0.6 is 0 Å². The SMILES string of the molecule is CNC(C)c1nc(C)c2cccc(OC)c2n1. The van der Waals surface area contributed by atoms with Crippen molar-refractivity contribution >= 4 is 10.9 Å². The van der Waals surface area contributed by atoms with E-state index in [0.29, 0.717) is 0 Å². The first-order valence-electron chi connectivity index (χ1n) is 5.66. The van der Waals surface area contributed by atoms with E-state index in [-0.39, 0.29) is 6.04 Å². The van der Waals surface area contributed by atoms with Crippen molar-refractivity contribution < 1.29 is 4.74 Å². The first-order chi connectivity index (χ1) is 8.17. The molecule has 17 heavy (non-hydrogen) atoms. The molecule has 2 rings (SSSR count). The van der Waals surface area contributed by atoms with Crippen molar-refractivity contribution in [2.45, 2.75) is 19.9 Å². The highest BCUT2D eigenvalue weighted by Crippen LogP contribution is 2.26. The Morgan fingerprint density at radius 2 is 2.06 bits per heavy atom. The van der Waals surface area contributed by atoms with Crippen LogP contribution in [0.1, 0.15) is 24.5 Å². The van der Waals surface area contributed by atoms with E-state index < -0.39 is 0 Å². The zero-order chi connectivity index (χ0) is 12.4. The molecule has 0 bridgehead atoms. The number of rotatable bonds is 3. The van der Waals surface area contributed by atoms with Crippen LogP contribution in [0, 0.1) is 6.92 Å². The Balaban J connectivity index is 2.69. The normalized spacial score (nSPS) is 12.7. The number of fused-ring (bicyclic) bond motifs is 1. The molecule has 90 valence electrons. The van der Waals surface area contributed by atoms with Crippen LogP contribution in [0.5, 0.6) is 5.75 Å². The topological polar surface area (TPSA) is 47.0 Å². The van der Waals surface area contributed by atoms with Crippen molar-refractivity contribution in [1.29, 1.82) is 0 Å². The molecule has 0 aliphatic rings. The Labute approximate surface area is 101 Å². The van der Waals surface area contributed by atoms with Gasteiger partial charge in [0.1, 0.15) is 17.1 Å². The molecule has 0 amide bonds. The number of methoxy groups -OCH3 is 1. The fraction of sp³-hybridized carbons (Fsp3) is 0.385. The molecule has 0 aliphatic carbocycles. The van der Waals surface area contributed by atoms with Gasteiger partial charge < -0.3 is 10.1 Å². The highest BCUT2D eigenvalue weighted by atomic mass is 16.5. The average molecular weight is 231 g/mol. The zero-order valence-corrected chi connectivity index (χ0v) is 10.6. The summed E-state index contributed by atoms with van der Waals surface area (Å²) in [7, 11) is 3.56. The number of aromatic nitrogens is 2. The van der Waals surface area contributed by atoms with Crippen LogP contribution in [0.25, 0.3) is 10.9 Å². The number of nitrogens with zero attached hydrogens (tertiary/aromatic N) is 2. The van der Waals surface area contributed by atoms with E-state index in [1.165, 1.54) is 0 Å². The summed E-state index contributed by atoms with van der Waals surface area (Å²) in [6.45, 7) is 4.03. The van der Waals surface area contributed by atoms with E-state index >= 15 is 0 Å². The molecule has 4 heteroatoms. The van der Waals surface area contributed by atoms with Gasteiger partial charge in [-0.05, 0) is 27.0 Å². The second-order valence-electron chi connectivity index (χ2n) is 4.03. The van der Waals surface area contributed by atoms with Crippen LogP contribution in [-0.2, 0) is 0 Å². The minimum Gasteiger partial charge on any atom is -0.494 e. The van der Waals surface area contributed by atoms with E-state index in [2.05, 4.69) is 15.3 Å². The van der Waals surface area contributed by atoms with Crippen LogP contribution in [0.4, 0.5) is 0 Å². The van der Waals surface area contributed by atoms with Crippen molar-refractivity contribution in [3.8, 4) is 5.75 Å². The summed E-state index contributed by atoms with van der Waals surface area (Å²) >= 11 is 0. The van der Waals surface area contributed by atoms with E-state index in [1.807, 2.05) is 39.1 Å². The lowest BCUT2D eigenvalue weighted by atomic mass is 10.1. The average Bonchev–Trinajstić information content (AvgIpc) is 2.37. The van der Waals surface area contributed by atoms with Crippen molar-refractivity contribution in [1.82, 2.24) is 15.3 Å². The molecule has 4 nitrogen and oxygen atoms in total. The van der Waals surface area contributed by atoms with Gasteiger partial charge in [0.15, 0.2) is 0 Å². The van der Waals surface area contributed by atoms with Crippen LogP contribution in [0.15, 0.2) is 18.2 Å². The quantitative estimate of drug-likeness (QED) is 0.880. The van der Waals surface area contributed by atoms with Crippen LogP contribution in [0.2, 0.25) is 0 Å². The summed E-state index contributed by atoms with van der Waals surface area (Å²) in [4.78, 5) is 9.10. The summed E-state index contributed by atoms with van der Waals surface area (Å²) in [5.74, 6) is 1.58. The van der Waals surface area contributed by atoms with E-state index in [4.69, 9.17) is 4.74 Å². The molecule has 1 unspecified atom stereocenters. The molecule has 0 aliphatic heterocycles. The van der Waals surface area contributed by atoms with Crippen molar-refractivity contribution in [2.24, 2.45) is 0 Å². The van der Waals surface area contributed by atoms with Gasteiger partial charge in [-0.25, -0.2) is 9.97 Å². The molecule has 0 fully saturated rings. The maximum Gasteiger partial charge on any atom is 0.146 e. The Morgan fingerprint density at radius 1 is 1.29 bits per heavy atom. The Hall–Kier alpha value is -1.68. The molecule has 2 aromatic rings. The van der Waals surface area contributed by atoms with Gasteiger partial charge in [0.25, 0.3) is 0 Å². The molecule has 1 heterocycles. The highest BCUT2D eigenvalue weighted by Gasteiger charge is 2.12. The van der Waals surface area contributed by atoms with Crippen LogP contribution in [0.3, 0.4) is 0 Å². The standard InChI is InChI=1S/C13H17N3O/c1-8-10-6-5-7-11(17-4)12(10)16-13(15-8)9(2)14-3/h5-7,9,14H,1-4H3. The first-order valence-corrected chi connectivity index (χ1v) is 5.66. The van der Waals surface area contributed by atoms with E-state index in [9.17, 15) is 0 Å². The molecular weight excluding hydrogens is 214 g/mol. The van der Waals surface area contributed by atoms with Crippen molar-refractivity contribution in [3.05, 3.63) is 29.7 Å². The molecule has 1 aromatic carbocycles. The number of hydrogen-bond donors (Lipinski definition) is 1. The summed E-state index contributed by atoms with van der Waals surface area (Å²) in [6, 6.07) is 6.02. The number of aryl methyl sites for hydroxylation is 1. The number of ether oxygens (including phenoxy) is 1. The van der Waals surface area contributed by atoms with E-state index in [1.54, 1.807) is 7.11 Å². The molecule has 0 saturated heterocycles. The molecule has 1 atom stereocenters. The molecule has 0 radical (unpaired) electrons. The van der Waals surface area contributed by atoms with Crippen molar-refractivity contribution in [3.63, 3.8) is 0 Å². The molecule has 0 spiro atoms. The second kappa shape index (κ2) is 4.67. The maximum atomic E-state index is 5.34. The van der Waals surface area contributed by atoms with Gasteiger partial charge in [-0.15, -0.1) is 0 Å². The van der Waals surface area contributed by atoms with Gasteiger partial charge in [-0.2, -0.15) is 0 Å². The first kappa shape index (κ1) is 11.8. The van der Waals surface area contributed by atoms with E-state index in [0.717, 1.165) is 28.2 Å². The lowest BCUT2D eigenvalue weighted by Gasteiger charge is -2.12. The number of benzene rings is 1. The van der Waals surface area contributed by atoms with Gasteiger partial charge >= 0.3 is 0 Å². The Kier molecular flexibility index (Phi) is 3.24. The summed E-state index contributed by atoms with van der Waals surface area (Å²) in [6.07, 6.45) is 0. The van der Waals surface area contributed by atoms with Gasteiger partial charge in [0.05, 0.1) is 13.2 Å². The van der Waals surface area contributed by atoms with Crippen molar-refractivity contribution in [2.75, 3.05) is 14.2 Å². The van der Waals surface area contributed by atoms with Crippen LogP contribution in [-0.4, -0.2) is 24.1 Å². The zero-order valence-electron chi connectivity index (χ0n) is 10.6. The molecular formula is C13H17N3O. The smallest absolute Gasteiger partial charge is 0.146 e. The fourth-order valence-corrected chi connectivity index (χ4v) is 1.79. The summed E-state index contributed by atoms with van der Waals surface area (Å²) in [5, 5.41) is 4.18. The maximum absolute atomic E-state index is 5.34. The number of para-hydroxylation sites is 1. The third-order valence-electron chi connectivity index (χ3n) is 2.94. The second-order valence-corrected chi connectivity index (χ2v) is 4.03. The monoisotopic (exact) mass is 231 g/mol. The number of nitrogens with one attached hydrogen (secondary N) is 1. The lowest BCUT2D eigenvalue weighted by molar-refractivity contribution is 0.418. The summed E-state index contributed by atoms with van der Waals surface area (Å²) < 4.78 is 5.34. The molecule has 1 aromatic heterocycles.